The SMILES string of the molecule is CC(C)(C)OC(=O)N1CCC(CO)(NOC(=O)c2ccccc2)CC1. The van der Waals surface area contributed by atoms with E-state index in [-0.39, 0.29) is 12.7 Å². The largest absolute Gasteiger partial charge is 0.444 e. The number of hydrogen-bond donors (Lipinski definition) is 2. The zero-order valence-electron chi connectivity index (χ0n) is 14.9. The summed E-state index contributed by atoms with van der Waals surface area (Å²) in [7, 11) is 0. The summed E-state index contributed by atoms with van der Waals surface area (Å²) in [6.45, 7) is 6.07. The molecule has 0 atom stereocenters. The fourth-order valence-electron chi connectivity index (χ4n) is 2.52. The molecule has 0 bridgehead atoms. The van der Waals surface area contributed by atoms with Crippen molar-refractivity contribution in [3.63, 3.8) is 0 Å². The zero-order chi connectivity index (χ0) is 18.5. The van der Waals surface area contributed by atoms with Crippen LogP contribution in [0.25, 0.3) is 0 Å². The third-order valence-electron chi connectivity index (χ3n) is 4.04. The van der Waals surface area contributed by atoms with Crippen LogP contribution in [-0.4, -0.2) is 52.9 Å². The van der Waals surface area contributed by atoms with E-state index in [1.807, 2.05) is 26.8 Å². The fourth-order valence-corrected chi connectivity index (χ4v) is 2.52. The number of aliphatic hydroxyl groups excluding tert-OH is 1. The lowest BCUT2D eigenvalue weighted by Gasteiger charge is -2.40. The molecule has 1 aromatic carbocycles. The van der Waals surface area contributed by atoms with Gasteiger partial charge in [0.15, 0.2) is 0 Å². The highest BCUT2D eigenvalue weighted by Gasteiger charge is 2.38. The van der Waals surface area contributed by atoms with Gasteiger partial charge < -0.3 is 19.6 Å². The number of ether oxygens (including phenoxy) is 1. The average molecular weight is 350 g/mol. The Morgan fingerprint density at radius 2 is 1.80 bits per heavy atom. The minimum atomic E-state index is -0.761. The first kappa shape index (κ1) is 19.2. The molecule has 1 aliphatic rings. The Kier molecular flexibility index (Phi) is 6.02. The highest BCUT2D eigenvalue weighted by atomic mass is 16.7. The second-order valence-electron chi connectivity index (χ2n) is 7.26. The molecule has 0 spiro atoms. The summed E-state index contributed by atoms with van der Waals surface area (Å²) in [5, 5.41) is 9.75. The van der Waals surface area contributed by atoms with E-state index in [1.54, 1.807) is 29.2 Å². The second kappa shape index (κ2) is 7.84. The van der Waals surface area contributed by atoms with Crippen molar-refractivity contribution in [1.29, 1.82) is 0 Å². The smallest absolute Gasteiger partial charge is 0.410 e. The van der Waals surface area contributed by atoms with Crippen molar-refractivity contribution in [2.75, 3.05) is 19.7 Å². The first-order chi connectivity index (χ1) is 11.7. The van der Waals surface area contributed by atoms with Crippen molar-refractivity contribution in [2.45, 2.75) is 44.8 Å². The molecule has 7 heteroatoms. The Bertz CT molecular complexity index is 589. The van der Waals surface area contributed by atoms with Crippen molar-refractivity contribution in [3.05, 3.63) is 35.9 Å². The van der Waals surface area contributed by atoms with Gasteiger partial charge in [-0.05, 0) is 45.7 Å². The Balaban J connectivity index is 1.88. The van der Waals surface area contributed by atoms with Gasteiger partial charge in [-0.15, -0.1) is 5.48 Å². The Morgan fingerprint density at radius 3 is 2.32 bits per heavy atom. The van der Waals surface area contributed by atoms with Gasteiger partial charge in [0.2, 0.25) is 0 Å². The van der Waals surface area contributed by atoms with E-state index >= 15 is 0 Å². The highest BCUT2D eigenvalue weighted by molar-refractivity contribution is 5.89. The molecule has 1 saturated heterocycles. The van der Waals surface area contributed by atoms with Gasteiger partial charge >= 0.3 is 12.1 Å². The minimum absolute atomic E-state index is 0.197. The molecule has 0 unspecified atom stereocenters. The van der Waals surface area contributed by atoms with Crippen LogP contribution in [0.2, 0.25) is 0 Å². The molecule has 7 nitrogen and oxygen atoms in total. The molecule has 2 rings (SSSR count). The number of amides is 1. The fraction of sp³-hybridized carbons (Fsp3) is 0.556. The van der Waals surface area contributed by atoms with Crippen LogP contribution >= 0.6 is 0 Å². The van der Waals surface area contributed by atoms with Crippen molar-refractivity contribution in [3.8, 4) is 0 Å². The predicted octanol–water partition coefficient (Wildman–Crippen LogP) is 2.11. The predicted molar refractivity (Wildman–Crippen MR) is 91.9 cm³/mol. The number of nitrogens with zero attached hydrogens (tertiary/aromatic N) is 1. The van der Waals surface area contributed by atoms with Crippen LogP contribution in [0.3, 0.4) is 0 Å². The van der Waals surface area contributed by atoms with Crippen molar-refractivity contribution in [2.24, 2.45) is 0 Å². The average Bonchev–Trinajstić information content (AvgIpc) is 2.59. The monoisotopic (exact) mass is 350 g/mol. The first-order valence-electron chi connectivity index (χ1n) is 8.37. The lowest BCUT2D eigenvalue weighted by molar-refractivity contribution is -0.0457. The van der Waals surface area contributed by atoms with Crippen LogP contribution in [0.1, 0.15) is 44.0 Å². The third kappa shape index (κ3) is 5.44. The van der Waals surface area contributed by atoms with E-state index in [0.29, 0.717) is 31.5 Å². The highest BCUT2D eigenvalue weighted by Crippen LogP contribution is 2.23. The molecule has 0 aromatic heterocycles. The molecule has 2 N–H and O–H groups in total. The van der Waals surface area contributed by atoms with Crippen molar-refractivity contribution >= 4 is 12.1 Å². The number of likely N-dealkylation sites (tertiary alicyclic amines) is 1. The molecule has 1 heterocycles. The zero-order valence-corrected chi connectivity index (χ0v) is 14.9. The van der Waals surface area contributed by atoms with E-state index < -0.39 is 17.1 Å². The first-order valence-corrected chi connectivity index (χ1v) is 8.37. The molecule has 1 aliphatic heterocycles. The second-order valence-corrected chi connectivity index (χ2v) is 7.26. The van der Waals surface area contributed by atoms with Crippen molar-refractivity contribution in [1.82, 2.24) is 10.4 Å². The van der Waals surface area contributed by atoms with Crippen LogP contribution in [-0.2, 0) is 9.57 Å². The molecule has 0 saturated carbocycles. The lowest BCUT2D eigenvalue weighted by Crippen LogP contribution is -2.57. The van der Waals surface area contributed by atoms with E-state index in [1.165, 1.54) is 0 Å². The summed E-state index contributed by atoms with van der Waals surface area (Å²) in [5.74, 6) is -0.511. The van der Waals surface area contributed by atoms with Crippen LogP contribution in [0.15, 0.2) is 30.3 Å². The number of hydroxylamine groups is 1. The number of piperidine rings is 1. The topological polar surface area (TPSA) is 88.1 Å². The van der Waals surface area contributed by atoms with Gasteiger partial charge in [0.1, 0.15) is 5.60 Å². The summed E-state index contributed by atoms with van der Waals surface area (Å²) in [5.41, 5.74) is 1.83. The molecule has 1 amide bonds. The standard InChI is InChI=1S/C18H26N2O5/c1-17(2,3)24-16(23)20-11-9-18(13-21,10-12-20)19-25-15(22)14-7-5-4-6-8-14/h4-8,19,21H,9-13H2,1-3H3. The van der Waals surface area contributed by atoms with Crippen LogP contribution in [0.4, 0.5) is 4.79 Å². The van der Waals surface area contributed by atoms with Crippen LogP contribution in [0, 0.1) is 0 Å². The van der Waals surface area contributed by atoms with Crippen LogP contribution in [0.5, 0.6) is 0 Å². The van der Waals surface area contributed by atoms with Gasteiger partial charge in [-0.2, -0.15) is 0 Å². The summed E-state index contributed by atoms with van der Waals surface area (Å²) >= 11 is 0. The van der Waals surface area contributed by atoms with Gasteiger partial charge in [0.05, 0.1) is 17.7 Å². The third-order valence-corrected chi connectivity index (χ3v) is 4.04. The van der Waals surface area contributed by atoms with Gasteiger partial charge in [-0.25, -0.2) is 9.59 Å². The number of hydrogen-bond acceptors (Lipinski definition) is 6. The lowest BCUT2D eigenvalue weighted by atomic mass is 9.89. The molecular weight excluding hydrogens is 324 g/mol. The summed E-state index contributed by atoms with van der Waals surface area (Å²) < 4.78 is 5.35. The number of rotatable bonds is 4. The summed E-state index contributed by atoms with van der Waals surface area (Å²) in [6.07, 6.45) is 0.524. The summed E-state index contributed by atoms with van der Waals surface area (Å²) in [6, 6.07) is 8.61. The number of carbonyl (C=O) groups excluding carboxylic acids is 2. The molecule has 0 aliphatic carbocycles. The van der Waals surface area contributed by atoms with Gasteiger partial charge in [0, 0.05) is 13.1 Å². The number of benzene rings is 1. The summed E-state index contributed by atoms with van der Waals surface area (Å²) in [4.78, 5) is 30.9. The van der Waals surface area contributed by atoms with Crippen LogP contribution < -0.4 is 5.48 Å². The van der Waals surface area contributed by atoms with Gasteiger partial charge in [-0.1, -0.05) is 18.2 Å². The Morgan fingerprint density at radius 1 is 1.20 bits per heavy atom. The molecular formula is C18H26N2O5. The van der Waals surface area contributed by atoms with E-state index in [2.05, 4.69) is 5.48 Å². The van der Waals surface area contributed by atoms with Gasteiger partial charge in [-0.3, -0.25) is 0 Å². The van der Waals surface area contributed by atoms with E-state index in [0.717, 1.165) is 0 Å². The Hall–Kier alpha value is -2.12. The number of aliphatic hydroxyl groups is 1. The number of carbonyl (C=O) groups is 2. The maximum Gasteiger partial charge on any atom is 0.410 e. The van der Waals surface area contributed by atoms with E-state index in [9.17, 15) is 14.7 Å². The van der Waals surface area contributed by atoms with Gasteiger partial charge in [0.25, 0.3) is 0 Å². The molecule has 138 valence electrons. The van der Waals surface area contributed by atoms with Crippen molar-refractivity contribution < 1.29 is 24.3 Å². The van der Waals surface area contributed by atoms with E-state index in [4.69, 9.17) is 9.57 Å². The maximum atomic E-state index is 12.1. The molecule has 0 radical (unpaired) electrons. The minimum Gasteiger partial charge on any atom is -0.444 e. The Labute approximate surface area is 147 Å². The molecule has 1 fully saturated rings. The maximum absolute atomic E-state index is 12.1. The molecule has 25 heavy (non-hydrogen) atoms. The number of nitrogens with one attached hydrogen (secondary N) is 1. The normalized spacial score (nSPS) is 17.0. The quantitative estimate of drug-likeness (QED) is 0.809. The molecule has 1 aromatic rings.